The van der Waals surface area contributed by atoms with Gasteiger partial charge < -0.3 is 4.74 Å². The number of halogens is 3. The molecule has 1 aliphatic carbocycles. The first-order valence-electron chi connectivity index (χ1n) is 6.71. The van der Waals surface area contributed by atoms with Crippen LogP contribution in [0, 0.1) is 5.41 Å². The molecule has 1 atom stereocenters. The lowest BCUT2D eigenvalue weighted by atomic mass is 9.54. The molecule has 1 saturated carbocycles. The topological polar surface area (TPSA) is 26.3 Å². The maximum absolute atomic E-state index is 12.1. The third-order valence-corrected chi connectivity index (χ3v) is 4.39. The first-order chi connectivity index (χ1) is 9.32. The van der Waals surface area contributed by atoms with Crippen LogP contribution in [0.4, 0.5) is 13.2 Å². The van der Waals surface area contributed by atoms with Crippen molar-refractivity contribution in [1.29, 1.82) is 0 Å². The molecule has 2 rings (SSSR count). The van der Waals surface area contributed by atoms with E-state index in [9.17, 15) is 18.0 Å². The Morgan fingerprint density at radius 3 is 2.15 bits per heavy atom. The van der Waals surface area contributed by atoms with Crippen molar-refractivity contribution in [3.63, 3.8) is 0 Å². The Kier molecular flexibility index (Phi) is 3.80. The summed E-state index contributed by atoms with van der Waals surface area (Å²) in [5.41, 5.74) is 0.565. The molecule has 1 aliphatic rings. The summed E-state index contributed by atoms with van der Waals surface area (Å²) in [7, 11) is 0. The molecule has 0 bridgehead atoms. The predicted octanol–water partition coefficient (Wildman–Crippen LogP) is 4.45. The Morgan fingerprint density at radius 1 is 1.20 bits per heavy atom. The molecular weight excluding hydrogens is 269 g/mol. The second-order valence-corrected chi connectivity index (χ2v) is 5.16. The Hall–Kier alpha value is -1.52. The molecule has 0 aromatic heterocycles. The average molecular weight is 286 g/mol. The summed E-state index contributed by atoms with van der Waals surface area (Å²) in [5.74, 6) is 0.124. The first kappa shape index (κ1) is 14.9. The fraction of sp³-hybridized carbons (Fsp3) is 0.533. The zero-order valence-electron chi connectivity index (χ0n) is 11.5. The maximum Gasteiger partial charge on any atom is 0.573 e. The van der Waals surface area contributed by atoms with Crippen molar-refractivity contribution < 1.29 is 22.7 Å². The van der Waals surface area contributed by atoms with Crippen LogP contribution < -0.4 is 4.74 Å². The zero-order chi connectivity index (χ0) is 15.0. The van der Waals surface area contributed by atoms with E-state index in [1.807, 2.05) is 13.8 Å². The minimum Gasteiger partial charge on any atom is -0.406 e. The highest BCUT2D eigenvalue weighted by molar-refractivity contribution is 5.93. The number of hydrogen-bond donors (Lipinski definition) is 0. The van der Waals surface area contributed by atoms with Gasteiger partial charge >= 0.3 is 6.36 Å². The van der Waals surface area contributed by atoms with Crippen LogP contribution in [0.15, 0.2) is 24.3 Å². The van der Waals surface area contributed by atoms with Crippen molar-refractivity contribution in [3.05, 3.63) is 29.8 Å². The lowest BCUT2D eigenvalue weighted by molar-refractivity contribution is -0.274. The largest absolute Gasteiger partial charge is 0.573 e. The Bertz CT molecular complexity index is 487. The third-order valence-electron chi connectivity index (χ3n) is 4.39. The number of ketones is 1. The SMILES string of the molecule is CCC1(CC)C(=O)CC1c1ccc(OC(F)(F)F)cc1. The minimum absolute atomic E-state index is 0.102. The Balaban J connectivity index is 2.17. The molecule has 0 amide bonds. The Labute approximate surface area is 115 Å². The van der Waals surface area contributed by atoms with Gasteiger partial charge in [0.05, 0.1) is 0 Å². The maximum atomic E-state index is 12.1. The molecule has 0 N–H and O–H groups in total. The molecule has 0 aliphatic heterocycles. The van der Waals surface area contributed by atoms with Crippen LogP contribution in [-0.4, -0.2) is 12.1 Å². The van der Waals surface area contributed by atoms with Crippen molar-refractivity contribution >= 4 is 5.78 Å². The number of hydrogen-bond acceptors (Lipinski definition) is 2. The number of rotatable bonds is 4. The number of carbonyl (C=O) groups excluding carboxylic acids is 1. The summed E-state index contributed by atoms with van der Waals surface area (Å²) in [4.78, 5) is 11.9. The van der Waals surface area contributed by atoms with E-state index in [1.54, 1.807) is 12.1 Å². The number of ether oxygens (including phenoxy) is 1. The lowest BCUT2D eigenvalue weighted by Gasteiger charge is -2.47. The van der Waals surface area contributed by atoms with E-state index in [0.29, 0.717) is 6.42 Å². The smallest absolute Gasteiger partial charge is 0.406 e. The van der Waals surface area contributed by atoms with Crippen LogP contribution in [0.5, 0.6) is 5.75 Å². The highest BCUT2D eigenvalue weighted by Gasteiger charge is 2.52. The molecule has 0 radical (unpaired) electrons. The number of benzene rings is 1. The molecule has 110 valence electrons. The van der Waals surface area contributed by atoms with Gasteiger partial charge in [-0.2, -0.15) is 0 Å². The van der Waals surface area contributed by atoms with E-state index in [-0.39, 0.29) is 22.9 Å². The molecule has 2 nitrogen and oxygen atoms in total. The van der Waals surface area contributed by atoms with E-state index in [4.69, 9.17) is 0 Å². The van der Waals surface area contributed by atoms with E-state index in [1.165, 1.54) is 12.1 Å². The molecule has 20 heavy (non-hydrogen) atoms. The predicted molar refractivity (Wildman–Crippen MR) is 68.5 cm³/mol. The normalized spacial score (nSPS) is 21.4. The summed E-state index contributed by atoms with van der Waals surface area (Å²) in [6.07, 6.45) is -2.69. The number of alkyl halides is 3. The summed E-state index contributed by atoms with van der Waals surface area (Å²) < 4.78 is 40.1. The molecule has 0 saturated heterocycles. The fourth-order valence-corrected chi connectivity index (χ4v) is 3.12. The van der Waals surface area contributed by atoms with Crippen molar-refractivity contribution in [2.24, 2.45) is 5.41 Å². The third kappa shape index (κ3) is 2.53. The molecule has 1 aromatic rings. The molecule has 1 fully saturated rings. The number of Topliss-reactive ketones (excluding diaryl/α,β-unsaturated/α-hetero) is 1. The van der Waals surface area contributed by atoms with E-state index in [0.717, 1.165) is 18.4 Å². The molecular formula is C15H17F3O2. The standard InChI is InChI=1S/C15H17F3O2/c1-3-14(4-2)12(9-13(14)19)10-5-7-11(8-6-10)20-15(16,17)18/h5-8,12H,3-4,9H2,1-2H3. The summed E-state index contributed by atoms with van der Waals surface area (Å²) in [6, 6.07) is 5.86. The second-order valence-electron chi connectivity index (χ2n) is 5.16. The average Bonchev–Trinajstić information content (AvgIpc) is 2.37. The van der Waals surface area contributed by atoms with Crippen LogP contribution >= 0.6 is 0 Å². The highest BCUT2D eigenvalue weighted by Crippen LogP contribution is 2.54. The second kappa shape index (κ2) is 5.11. The van der Waals surface area contributed by atoms with Gasteiger partial charge in [0.15, 0.2) is 0 Å². The van der Waals surface area contributed by atoms with Crippen LogP contribution in [0.25, 0.3) is 0 Å². The molecule has 1 unspecified atom stereocenters. The highest BCUT2D eigenvalue weighted by atomic mass is 19.4. The van der Waals surface area contributed by atoms with Gasteiger partial charge in [-0.25, -0.2) is 0 Å². The van der Waals surface area contributed by atoms with Gasteiger partial charge in [0.25, 0.3) is 0 Å². The van der Waals surface area contributed by atoms with Crippen LogP contribution in [0.1, 0.15) is 44.6 Å². The van der Waals surface area contributed by atoms with Crippen LogP contribution in [-0.2, 0) is 4.79 Å². The van der Waals surface area contributed by atoms with Crippen molar-refractivity contribution in [2.45, 2.75) is 45.4 Å². The van der Waals surface area contributed by atoms with Gasteiger partial charge in [-0.15, -0.1) is 13.2 Å². The Morgan fingerprint density at radius 2 is 1.75 bits per heavy atom. The van der Waals surface area contributed by atoms with Gasteiger partial charge in [0.1, 0.15) is 11.5 Å². The molecule has 0 heterocycles. The summed E-state index contributed by atoms with van der Waals surface area (Å²) in [6.45, 7) is 3.96. The van der Waals surface area contributed by atoms with Crippen LogP contribution in [0.2, 0.25) is 0 Å². The van der Waals surface area contributed by atoms with Gasteiger partial charge in [-0.1, -0.05) is 26.0 Å². The van der Waals surface area contributed by atoms with Crippen molar-refractivity contribution in [2.75, 3.05) is 0 Å². The van der Waals surface area contributed by atoms with Crippen LogP contribution in [0.3, 0.4) is 0 Å². The zero-order valence-corrected chi connectivity index (χ0v) is 11.5. The lowest BCUT2D eigenvalue weighted by Crippen LogP contribution is -2.47. The summed E-state index contributed by atoms with van der Waals surface area (Å²) in [5, 5.41) is 0. The fourth-order valence-electron chi connectivity index (χ4n) is 3.12. The molecule has 5 heteroatoms. The van der Waals surface area contributed by atoms with Crippen molar-refractivity contribution in [1.82, 2.24) is 0 Å². The van der Waals surface area contributed by atoms with Gasteiger partial charge in [-0.05, 0) is 30.5 Å². The van der Waals surface area contributed by atoms with Gasteiger partial charge in [-0.3, -0.25) is 4.79 Å². The van der Waals surface area contributed by atoms with E-state index < -0.39 is 6.36 Å². The van der Waals surface area contributed by atoms with Crippen molar-refractivity contribution in [3.8, 4) is 5.75 Å². The number of carbonyl (C=O) groups is 1. The minimum atomic E-state index is -4.68. The monoisotopic (exact) mass is 286 g/mol. The van der Waals surface area contributed by atoms with E-state index in [2.05, 4.69) is 4.74 Å². The molecule has 0 spiro atoms. The quantitative estimate of drug-likeness (QED) is 0.817. The molecule has 1 aromatic carbocycles. The van der Waals surface area contributed by atoms with Gasteiger partial charge in [0.2, 0.25) is 0 Å². The first-order valence-corrected chi connectivity index (χ1v) is 6.71. The van der Waals surface area contributed by atoms with E-state index >= 15 is 0 Å². The summed E-state index contributed by atoms with van der Waals surface area (Å²) >= 11 is 0. The van der Waals surface area contributed by atoms with Gasteiger partial charge in [0, 0.05) is 17.8 Å².